The molecule has 2 heterocycles. The van der Waals surface area contributed by atoms with E-state index in [1.54, 1.807) is 4.90 Å². The number of likely N-dealkylation sites (tertiary alicyclic amines) is 1. The first kappa shape index (κ1) is 19.3. The molecule has 2 rings (SSSR count). The molecule has 1 aromatic heterocycles. The van der Waals surface area contributed by atoms with Crippen LogP contribution in [-0.2, 0) is 10.0 Å². The van der Waals surface area contributed by atoms with Crippen LogP contribution in [0.15, 0.2) is 12.4 Å². The van der Waals surface area contributed by atoms with Gasteiger partial charge in [-0.3, -0.25) is 9.59 Å². The van der Waals surface area contributed by atoms with Crippen molar-refractivity contribution in [3.63, 3.8) is 0 Å². The van der Waals surface area contributed by atoms with Gasteiger partial charge < -0.3 is 10.2 Å². The molecule has 0 atom stereocenters. The van der Waals surface area contributed by atoms with E-state index >= 15 is 0 Å². The van der Waals surface area contributed by atoms with E-state index in [0.29, 0.717) is 13.1 Å². The van der Waals surface area contributed by atoms with Gasteiger partial charge in [0, 0.05) is 46.1 Å². The number of nitrogens with zero attached hydrogens (tertiary/aromatic N) is 4. The number of hydrogen-bond acceptors (Lipinski definition) is 6. The van der Waals surface area contributed by atoms with E-state index in [9.17, 15) is 18.0 Å². The van der Waals surface area contributed by atoms with Gasteiger partial charge in [0.2, 0.25) is 10.0 Å². The molecule has 10 heteroatoms. The smallest absolute Gasteiger partial charge is 0.274 e. The molecule has 1 saturated heterocycles. The van der Waals surface area contributed by atoms with Crippen LogP contribution < -0.4 is 5.32 Å². The lowest BCUT2D eigenvalue weighted by molar-refractivity contribution is 0.0711. The Labute approximate surface area is 147 Å². The normalized spacial score (nSPS) is 15.2. The molecule has 0 aliphatic carbocycles. The Bertz CT molecular complexity index is 729. The van der Waals surface area contributed by atoms with Gasteiger partial charge in [0.05, 0.1) is 5.75 Å². The van der Waals surface area contributed by atoms with Crippen molar-refractivity contribution in [2.45, 2.75) is 19.3 Å². The minimum Gasteiger partial charge on any atom is -0.350 e. The summed E-state index contributed by atoms with van der Waals surface area (Å²) in [6.45, 7) is 1.20. The number of amides is 2. The average Bonchev–Trinajstić information content (AvgIpc) is 2.61. The van der Waals surface area contributed by atoms with Gasteiger partial charge >= 0.3 is 0 Å². The molecule has 0 aromatic carbocycles. The Morgan fingerprint density at radius 1 is 1.12 bits per heavy atom. The van der Waals surface area contributed by atoms with Crippen molar-refractivity contribution in [1.82, 2.24) is 24.5 Å². The van der Waals surface area contributed by atoms with E-state index in [2.05, 4.69) is 15.3 Å². The maximum absolute atomic E-state index is 12.6. The molecule has 0 spiro atoms. The number of aromatic nitrogens is 2. The highest BCUT2D eigenvalue weighted by molar-refractivity contribution is 7.89. The van der Waals surface area contributed by atoms with Crippen molar-refractivity contribution in [2.24, 2.45) is 0 Å². The van der Waals surface area contributed by atoms with E-state index in [0.717, 1.165) is 23.6 Å². The zero-order valence-electron chi connectivity index (χ0n) is 14.4. The summed E-state index contributed by atoms with van der Waals surface area (Å²) >= 11 is 0. The summed E-state index contributed by atoms with van der Waals surface area (Å²) in [4.78, 5) is 34.6. The third-order valence-electron chi connectivity index (χ3n) is 3.96. The molecule has 1 aliphatic rings. The highest BCUT2D eigenvalue weighted by Crippen LogP contribution is 2.13. The monoisotopic (exact) mass is 369 g/mol. The molecule has 0 unspecified atom stereocenters. The Balaban J connectivity index is 2.06. The first-order valence-electron chi connectivity index (χ1n) is 8.11. The fourth-order valence-electron chi connectivity index (χ4n) is 2.47. The fraction of sp³-hybridized carbons (Fsp3) is 0.600. The van der Waals surface area contributed by atoms with Gasteiger partial charge in [-0.1, -0.05) is 0 Å². The Morgan fingerprint density at radius 2 is 1.72 bits per heavy atom. The summed E-state index contributed by atoms with van der Waals surface area (Å²) in [5.74, 6) is -1.16. The molecule has 2 amide bonds. The maximum Gasteiger partial charge on any atom is 0.274 e. The van der Waals surface area contributed by atoms with Crippen molar-refractivity contribution in [3.8, 4) is 0 Å². The number of sulfonamides is 1. The summed E-state index contributed by atoms with van der Waals surface area (Å²) in [6, 6.07) is 0. The number of piperidine rings is 1. The van der Waals surface area contributed by atoms with Gasteiger partial charge in [-0.2, -0.15) is 0 Å². The number of nitrogens with one attached hydrogen (secondary N) is 1. The minimum absolute atomic E-state index is 0.00244. The molecule has 0 saturated carbocycles. The lowest BCUT2D eigenvalue weighted by Crippen LogP contribution is -2.39. The summed E-state index contributed by atoms with van der Waals surface area (Å²) in [6.07, 6.45) is 5.63. The van der Waals surface area contributed by atoms with Crippen LogP contribution in [0.3, 0.4) is 0 Å². The van der Waals surface area contributed by atoms with Crippen molar-refractivity contribution >= 4 is 21.8 Å². The third kappa shape index (κ3) is 4.95. The van der Waals surface area contributed by atoms with Gasteiger partial charge in [-0.25, -0.2) is 22.7 Å². The standard InChI is InChI=1S/C15H23N5O4S/c1-19(2)25(23,24)11-8-18-14(21)12-13(17-7-6-16-12)15(22)20-9-4-3-5-10-20/h6-7H,3-5,8-11H2,1-2H3,(H,18,21). The summed E-state index contributed by atoms with van der Waals surface area (Å²) in [5.41, 5.74) is -0.0855. The van der Waals surface area contributed by atoms with Gasteiger partial charge in [-0.05, 0) is 19.3 Å². The van der Waals surface area contributed by atoms with E-state index in [1.807, 2.05) is 0 Å². The van der Waals surface area contributed by atoms with Gasteiger partial charge in [0.1, 0.15) is 0 Å². The first-order chi connectivity index (χ1) is 11.8. The number of carbonyl (C=O) groups is 2. The predicted molar refractivity (Wildman–Crippen MR) is 91.6 cm³/mol. The van der Waals surface area contributed by atoms with Crippen LogP contribution in [0.4, 0.5) is 0 Å². The molecular formula is C15H23N5O4S. The Hall–Kier alpha value is -2.07. The molecule has 9 nitrogen and oxygen atoms in total. The summed E-state index contributed by atoms with van der Waals surface area (Å²) < 4.78 is 24.5. The first-order valence-corrected chi connectivity index (χ1v) is 9.72. The lowest BCUT2D eigenvalue weighted by atomic mass is 10.1. The molecule has 1 N–H and O–H groups in total. The number of rotatable bonds is 6. The average molecular weight is 369 g/mol. The summed E-state index contributed by atoms with van der Waals surface area (Å²) in [7, 11) is -0.561. The van der Waals surface area contributed by atoms with E-state index in [4.69, 9.17) is 0 Å². The van der Waals surface area contributed by atoms with E-state index in [-0.39, 0.29) is 29.6 Å². The molecule has 1 fully saturated rings. The summed E-state index contributed by atoms with van der Waals surface area (Å²) in [5, 5.41) is 2.49. The molecule has 25 heavy (non-hydrogen) atoms. The second-order valence-electron chi connectivity index (χ2n) is 5.96. The highest BCUT2D eigenvalue weighted by atomic mass is 32.2. The molecule has 0 bridgehead atoms. The molecular weight excluding hydrogens is 346 g/mol. The molecule has 0 radical (unpaired) electrons. The minimum atomic E-state index is -3.41. The maximum atomic E-state index is 12.6. The highest BCUT2D eigenvalue weighted by Gasteiger charge is 2.25. The third-order valence-corrected chi connectivity index (χ3v) is 5.79. The second-order valence-corrected chi connectivity index (χ2v) is 8.26. The second kappa shape index (κ2) is 8.34. The van der Waals surface area contributed by atoms with Crippen LogP contribution in [-0.4, -0.2) is 78.9 Å². The Kier molecular flexibility index (Phi) is 6.43. The van der Waals surface area contributed by atoms with Crippen LogP contribution >= 0.6 is 0 Å². The van der Waals surface area contributed by atoms with E-state index in [1.165, 1.54) is 26.5 Å². The fourth-order valence-corrected chi connectivity index (χ4v) is 3.19. The van der Waals surface area contributed by atoms with Crippen LogP contribution in [0.25, 0.3) is 0 Å². The van der Waals surface area contributed by atoms with Crippen LogP contribution in [0.1, 0.15) is 40.2 Å². The van der Waals surface area contributed by atoms with Crippen LogP contribution in [0.5, 0.6) is 0 Å². The molecule has 138 valence electrons. The zero-order valence-corrected chi connectivity index (χ0v) is 15.3. The number of hydrogen-bond donors (Lipinski definition) is 1. The Morgan fingerprint density at radius 3 is 2.32 bits per heavy atom. The van der Waals surface area contributed by atoms with Crippen molar-refractivity contribution in [2.75, 3.05) is 39.5 Å². The number of carbonyl (C=O) groups excluding carboxylic acids is 2. The van der Waals surface area contributed by atoms with Crippen LogP contribution in [0.2, 0.25) is 0 Å². The molecule has 1 aromatic rings. The zero-order chi connectivity index (χ0) is 18.4. The van der Waals surface area contributed by atoms with E-state index < -0.39 is 15.9 Å². The van der Waals surface area contributed by atoms with Crippen LogP contribution in [0, 0.1) is 0 Å². The largest absolute Gasteiger partial charge is 0.350 e. The van der Waals surface area contributed by atoms with Gasteiger partial charge in [0.25, 0.3) is 11.8 Å². The SMILES string of the molecule is CN(C)S(=O)(=O)CCNC(=O)c1nccnc1C(=O)N1CCCCC1. The quantitative estimate of drug-likeness (QED) is 0.738. The van der Waals surface area contributed by atoms with Crippen molar-refractivity contribution in [1.29, 1.82) is 0 Å². The van der Waals surface area contributed by atoms with Gasteiger partial charge in [0.15, 0.2) is 11.4 Å². The predicted octanol–water partition coefficient (Wildman–Crippen LogP) is -0.276. The van der Waals surface area contributed by atoms with Crippen molar-refractivity contribution < 1.29 is 18.0 Å². The topological polar surface area (TPSA) is 113 Å². The lowest BCUT2D eigenvalue weighted by Gasteiger charge is -2.26. The van der Waals surface area contributed by atoms with Crippen molar-refractivity contribution in [3.05, 3.63) is 23.8 Å². The molecule has 1 aliphatic heterocycles. The van der Waals surface area contributed by atoms with Gasteiger partial charge in [-0.15, -0.1) is 0 Å².